The van der Waals surface area contributed by atoms with Crippen molar-refractivity contribution in [2.45, 2.75) is 38.6 Å². The lowest BCUT2D eigenvalue weighted by atomic mass is 9.84. The van der Waals surface area contributed by atoms with Crippen molar-refractivity contribution in [2.75, 3.05) is 18.1 Å². The summed E-state index contributed by atoms with van der Waals surface area (Å²) in [6.45, 7) is 1.71. The Kier molecular flexibility index (Phi) is 5.29. The number of aryl methyl sites for hydroxylation is 1. The fourth-order valence-electron chi connectivity index (χ4n) is 4.18. The van der Waals surface area contributed by atoms with Gasteiger partial charge in [-0.2, -0.15) is 0 Å². The number of nitrogens with zero attached hydrogens (tertiary/aromatic N) is 1. The van der Waals surface area contributed by atoms with Gasteiger partial charge < -0.3 is 10.1 Å². The normalized spacial score (nSPS) is 22.8. The van der Waals surface area contributed by atoms with E-state index in [1.165, 1.54) is 0 Å². The smallest absolute Gasteiger partial charge is 0.339 e. The third kappa shape index (κ3) is 4.27. The highest BCUT2D eigenvalue weighted by molar-refractivity contribution is 7.91. The number of fused-ring (bicyclic) bond motifs is 2. The van der Waals surface area contributed by atoms with Gasteiger partial charge in [-0.1, -0.05) is 25.1 Å². The molecule has 2 aromatic rings. The molecule has 1 aromatic heterocycles. The lowest BCUT2D eigenvalue weighted by Gasteiger charge is -2.24. The van der Waals surface area contributed by atoms with E-state index in [2.05, 4.69) is 12.2 Å². The van der Waals surface area contributed by atoms with Crippen molar-refractivity contribution in [1.82, 2.24) is 10.3 Å². The molecule has 0 radical (unpaired) electrons. The van der Waals surface area contributed by atoms with Crippen LogP contribution in [-0.2, 0) is 32.2 Å². The Balaban J connectivity index is 1.52. The Morgan fingerprint density at radius 1 is 1.24 bits per heavy atom. The van der Waals surface area contributed by atoms with Crippen molar-refractivity contribution in [2.24, 2.45) is 5.92 Å². The molecule has 1 aliphatic heterocycles. The average molecular weight is 416 g/mol. The van der Waals surface area contributed by atoms with Crippen LogP contribution in [0.5, 0.6) is 0 Å². The molecule has 8 heteroatoms. The van der Waals surface area contributed by atoms with E-state index in [1.807, 2.05) is 24.3 Å². The zero-order valence-electron chi connectivity index (χ0n) is 16.3. The number of nitrogens with one attached hydrogen (secondary N) is 1. The summed E-state index contributed by atoms with van der Waals surface area (Å²) in [6, 6.07) is 7.04. The number of carbonyl (C=O) groups excluding carboxylic acids is 2. The molecule has 1 N–H and O–H groups in total. The van der Waals surface area contributed by atoms with Gasteiger partial charge in [-0.3, -0.25) is 9.78 Å². The number of rotatable bonds is 4. The van der Waals surface area contributed by atoms with Gasteiger partial charge in [-0.05, 0) is 43.2 Å². The van der Waals surface area contributed by atoms with Gasteiger partial charge in [-0.25, -0.2) is 13.2 Å². The summed E-state index contributed by atoms with van der Waals surface area (Å²) in [5, 5.41) is 3.37. The van der Waals surface area contributed by atoms with E-state index >= 15 is 0 Å². The molecule has 4 rings (SSSR count). The fraction of sp³-hybridized carbons (Fsp3) is 0.476. The van der Waals surface area contributed by atoms with Crippen molar-refractivity contribution in [1.29, 1.82) is 0 Å². The van der Waals surface area contributed by atoms with E-state index < -0.39 is 34.4 Å². The standard InChI is InChI=1S/C21H24N2O5S/c1-13-6-7-18-16(10-13)20(15-4-2-3-5-17(15)23-18)21(25)28-11-19(24)22-14-8-9-29(26,27)12-14/h2-5,13-14H,6-12H2,1H3,(H,22,24)/t13-,14-/m1/s1. The maximum Gasteiger partial charge on any atom is 0.339 e. The first-order valence-electron chi connectivity index (χ1n) is 9.90. The molecule has 0 saturated carbocycles. The summed E-state index contributed by atoms with van der Waals surface area (Å²) < 4.78 is 28.4. The minimum atomic E-state index is -3.08. The molecule has 154 valence electrons. The van der Waals surface area contributed by atoms with E-state index in [4.69, 9.17) is 9.72 Å². The molecule has 0 unspecified atom stereocenters. The van der Waals surface area contributed by atoms with Gasteiger partial charge in [-0.15, -0.1) is 0 Å². The maximum atomic E-state index is 13.0. The van der Waals surface area contributed by atoms with Crippen LogP contribution < -0.4 is 5.32 Å². The summed E-state index contributed by atoms with van der Waals surface area (Å²) in [6.07, 6.45) is 2.99. The second-order valence-corrected chi connectivity index (χ2v) is 10.2. The van der Waals surface area contributed by atoms with Gasteiger partial charge >= 0.3 is 5.97 Å². The Morgan fingerprint density at radius 3 is 2.79 bits per heavy atom. The lowest BCUT2D eigenvalue weighted by Crippen LogP contribution is -2.38. The van der Waals surface area contributed by atoms with Crippen molar-refractivity contribution >= 4 is 32.6 Å². The predicted molar refractivity (Wildman–Crippen MR) is 108 cm³/mol. The van der Waals surface area contributed by atoms with Gasteiger partial charge in [0.05, 0.1) is 22.6 Å². The molecule has 1 aliphatic carbocycles. The third-order valence-electron chi connectivity index (χ3n) is 5.64. The lowest BCUT2D eigenvalue weighted by molar-refractivity contribution is -0.124. The second-order valence-electron chi connectivity index (χ2n) is 8.02. The molecule has 7 nitrogen and oxygen atoms in total. The Hall–Kier alpha value is -2.48. The first-order valence-corrected chi connectivity index (χ1v) is 11.7. The number of aromatic nitrogens is 1. The number of pyridine rings is 1. The highest BCUT2D eigenvalue weighted by atomic mass is 32.2. The topological polar surface area (TPSA) is 102 Å². The number of hydrogen-bond acceptors (Lipinski definition) is 6. The van der Waals surface area contributed by atoms with Crippen molar-refractivity contribution in [3.8, 4) is 0 Å². The summed E-state index contributed by atoms with van der Waals surface area (Å²) in [5.74, 6) is -0.563. The molecule has 0 spiro atoms. The highest BCUT2D eigenvalue weighted by Gasteiger charge is 2.30. The molecule has 29 heavy (non-hydrogen) atoms. The monoisotopic (exact) mass is 416 g/mol. The van der Waals surface area contributed by atoms with Crippen LogP contribution in [0.4, 0.5) is 0 Å². The Bertz CT molecular complexity index is 1080. The van der Waals surface area contributed by atoms with Crippen LogP contribution in [-0.4, -0.2) is 49.4 Å². The number of sulfone groups is 1. The molecule has 1 amide bonds. The highest BCUT2D eigenvalue weighted by Crippen LogP contribution is 2.32. The quantitative estimate of drug-likeness (QED) is 0.763. The van der Waals surface area contributed by atoms with Gasteiger partial charge in [0.1, 0.15) is 0 Å². The number of para-hydroxylation sites is 1. The van der Waals surface area contributed by atoms with Crippen molar-refractivity contribution in [3.63, 3.8) is 0 Å². The van der Waals surface area contributed by atoms with Crippen LogP contribution in [0.2, 0.25) is 0 Å². The minimum absolute atomic E-state index is 0.0624. The van der Waals surface area contributed by atoms with E-state index in [9.17, 15) is 18.0 Å². The fourth-order valence-corrected chi connectivity index (χ4v) is 5.85. The summed E-state index contributed by atoms with van der Waals surface area (Å²) in [4.78, 5) is 29.8. The molecule has 1 aromatic carbocycles. The molecule has 2 heterocycles. The molecule has 1 saturated heterocycles. The van der Waals surface area contributed by atoms with E-state index in [1.54, 1.807) is 0 Å². The van der Waals surface area contributed by atoms with Crippen LogP contribution in [0, 0.1) is 5.92 Å². The number of carbonyl (C=O) groups is 2. The minimum Gasteiger partial charge on any atom is -0.452 e. The Morgan fingerprint density at radius 2 is 2.03 bits per heavy atom. The number of hydrogen-bond donors (Lipinski definition) is 1. The van der Waals surface area contributed by atoms with Crippen LogP contribution >= 0.6 is 0 Å². The van der Waals surface area contributed by atoms with E-state index in [0.717, 1.165) is 41.4 Å². The summed E-state index contributed by atoms with van der Waals surface area (Å²) in [5.41, 5.74) is 3.07. The van der Waals surface area contributed by atoms with Gasteiger partial charge in [0, 0.05) is 17.1 Å². The predicted octanol–water partition coefficient (Wildman–Crippen LogP) is 1.82. The molecule has 2 atom stereocenters. The van der Waals surface area contributed by atoms with Crippen LogP contribution in [0.1, 0.15) is 41.4 Å². The molecule has 0 bridgehead atoms. The van der Waals surface area contributed by atoms with Gasteiger partial charge in [0.15, 0.2) is 16.4 Å². The first kappa shape index (κ1) is 19.8. The zero-order valence-corrected chi connectivity index (χ0v) is 17.1. The molecular weight excluding hydrogens is 392 g/mol. The maximum absolute atomic E-state index is 13.0. The average Bonchev–Trinajstić information content (AvgIpc) is 3.02. The largest absolute Gasteiger partial charge is 0.452 e. The number of amides is 1. The van der Waals surface area contributed by atoms with Crippen molar-refractivity contribution < 1.29 is 22.7 Å². The van der Waals surface area contributed by atoms with Crippen molar-refractivity contribution in [3.05, 3.63) is 41.1 Å². The zero-order chi connectivity index (χ0) is 20.6. The summed E-state index contributed by atoms with van der Waals surface area (Å²) in [7, 11) is -3.08. The van der Waals surface area contributed by atoms with Gasteiger partial charge in [0.25, 0.3) is 5.91 Å². The summed E-state index contributed by atoms with van der Waals surface area (Å²) >= 11 is 0. The van der Waals surface area contributed by atoms with Gasteiger partial charge in [0.2, 0.25) is 0 Å². The number of ether oxygens (including phenoxy) is 1. The van der Waals surface area contributed by atoms with Crippen LogP contribution in [0.3, 0.4) is 0 Å². The second kappa shape index (κ2) is 7.74. The molecule has 2 aliphatic rings. The van der Waals surface area contributed by atoms with E-state index in [0.29, 0.717) is 17.9 Å². The Labute approximate surface area is 169 Å². The molecule has 1 fully saturated rings. The number of esters is 1. The van der Waals surface area contributed by atoms with Crippen LogP contribution in [0.15, 0.2) is 24.3 Å². The first-order chi connectivity index (χ1) is 13.8. The van der Waals surface area contributed by atoms with E-state index in [-0.39, 0.29) is 11.5 Å². The van der Waals surface area contributed by atoms with Crippen LogP contribution in [0.25, 0.3) is 10.9 Å². The molecular formula is C21H24N2O5S. The number of benzene rings is 1. The SMILES string of the molecule is C[C@@H]1CCc2nc3ccccc3c(C(=O)OCC(=O)N[C@@H]3CCS(=O)(=O)C3)c2C1. The third-order valence-corrected chi connectivity index (χ3v) is 7.41.